The minimum Gasteiger partial charge on any atom is -0.340 e. The quantitative estimate of drug-likeness (QED) is 0.679. The van der Waals surface area contributed by atoms with Gasteiger partial charge in [0.1, 0.15) is 17.2 Å². The second-order valence-electron chi connectivity index (χ2n) is 4.78. The highest BCUT2D eigenvalue weighted by Crippen LogP contribution is 2.32. The van der Waals surface area contributed by atoms with E-state index < -0.39 is 35.0 Å². The van der Waals surface area contributed by atoms with Gasteiger partial charge >= 0.3 is 6.18 Å². The summed E-state index contributed by atoms with van der Waals surface area (Å²) in [5.74, 6) is -5.20. The number of rotatable bonds is 2. The molecular weight excluding hydrogens is 336 g/mol. The lowest BCUT2D eigenvalue weighted by atomic mass is 10.2. The van der Waals surface area contributed by atoms with Gasteiger partial charge in [0, 0.05) is 17.1 Å². The third-order valence-corrected chi connectivity index (χ3v) is 3.11. The maximum absolute atomic E-state index is 13.8. The van der Waals surface area contributed by atoms with Crippen LogP contribution in [0.4, 0.5) is 37.8 Å². The van der Waals surface area contributed by atoms with Gasteiger partial charge in [0.25, 0.3) is 0 Å². The Balaban J connectivity index is 2.18. The van der Waals surface area contributed by atoms with Crippen molar-refractivity contribution >= 4 is 22.4 Å². The van der Waals surface area contributed by atoms with Crippen LogP contribution in [-0.2, 0) is 6.18 Å². The summed E-state index contributed by atoms with van der Waals surface area (Å²) in [5.41, 5.74) is -0.587. The molecule has 0 radical (unpaired) electrons. The number of benzene rings is 2. The zero-order valence-corrected chi connectivity index (χ0v) is 11.6. The van der Waals surface area contributed by atoms with E-state index in [0.29, 0.717) is 0 Å². The first-order chi connectivity index (χ1) is 11.3. The number of aromatic nitrogens is 2. The Hall–Kier alpha value is -2.84. The lowest BCUT2D eigenvalue weighted by Gasteiger charge is -2.12. The third kappa shape index (κ3) is 2.97. The lowest BCUT2D eigenvalue weighted by Crippen LogP contribution is -2.13. The molecule has 0 atom stereocenters. The Morgan fingerprint density at radius 3 is 2.25 bits per heavy atom. The van der Waals surface area contributed by atoms with Crippen LogP contribution in [0.25, 0.3) is 10.9 Å². The van der Waals surface area contributed by atoms with Gasteiger partial charge in [-0.15, -0.1) is 0 Å². The molecule has 0 saturated heterocycles. The van der Waals surface area contributed by atoms with Crippen molar-refractivity contribution in [1.82, 2.24) is 9.97 Å². The Kier molecular flexibility index (Phi) is 3.78. The van der Waals surface area contributed by atoms with E-state index in [1.165, 1.54) is 12.1 Å². The van der Waals surface area contributed by atoms with Gasteiger partial charge in [0.05, 0.1) is 0 Å². The molecule has 1 aromatic heterocycles. The average molecular weight is 343 g/mol. The molecule has 3 nitrogen and oxygen atoms in total. The number of halogens is 6. The van der Waals surface area contributed by atoms with E-state index in [1.807, 2.05) is 0 Å². The standard InChI is InChI=1S/C15H7F6N3/c16-9-5-4-7(6-11(9)18)22-13-8-2-1-3-10(17)12(8)23-14(24-13)15(19,20)21/h1-6H,(H,22,23,24). The van der Waals surface area contributed by atoms with Crippen molar-refractivity contribution in [3.05, 3.63) is 59.7 Å². The van der Waals surface area contributed by atoms with E-state index in [4.69, 9.17) is 0 Å². The molecule has 1 N–H and O–H groups in total. The number of hydrogen-bond donors (Lipinski definition) is 1. The zero-order chi connectivity index (χ0) is 17.5. The molecule has 0 saturated carbocycles. The SMILES string of the molecule is Fc1ccc(Nc2nc(C(F)(F)F)nc3c(F)cccc23)cc1F. The van der Waals surface area contributed by atoms with Gasteiger partial charge in [-0.25, -0.2) is 23.1 Å². The fraction of sp³-hybridized carbons (Fsp3) is 0.0667. The number of fused-ring (bicyclic) bond motifs is 1. The number of para-hydroxylation sites is 1. The molecule has 9 heteroatoms. The molecule has 2 aromatic carbocycles. The van der Waals surface area contributed by atoms with Crippen LogP contribution >= 0.6 is 0 Å². The van der Waals surface area contributed by atoms with E-state index in [0.717, 1.165) is 24.3 Å². The molecule has 0 aliphatic rings. The molecule has 124 valence electrons. The van der Waals surface area contributed by atoms with Crippen molar-refractivity contribution in [3.63, 3.8) is 0 Å². The van der Waals surface area contributed by atoms with Crippen molar-refractivity contribution in [2.75, 3.05) is 5.32 Å². The highest BCUT2D eigenvalue weighted by atomic mass is 19.4. The average Bonchev–Trinajstić information content (AvgIpc) is 2.51. The van der Waals surface area contributed by atoms with E-state index in [-0.39, 0.29) is 16.9 Å². The Labute approximate surface area is 131 Å². The van der Waals surface area contributed by atoms with Crippen LogP contribution in [0.1, 0.15) is 5.82 Å². The van der Waals surface area contributed by atoms with Gasteiger partial charge in [0.2, 0.25) is 5.82 Å². The predicted molar refractivity (Wildman–Crippen MR) is 74.1 cm³/mol. The summed E-state index contributed by atoms with van der Waals surface area (Å²) >= 11 is 0. The van der Waals surface area contributed by atoms with E-state index in [1.54, 1.807) is 0 Å². The second kappa shape index (κ2) is 5.66. The molecule has 0 amide bonds. The smallest absolute Gasteiger partial charge is 0.340 e. The van der Waals surface area contributed by atoms with Gasteiger partial charge in [-0.2, -0.15) is 13.2 Å². The topological polar surface area (TPSA) is 37.8 Å². The molecule has 3 aromatic rings. The van der Waals surface area contributed by atoms with Crippen LogP contribution in [0.15, 0.2) is 36.4 Å². The number of hydrogen-bond acceptors (Lipinski definition) is 3. The van der Waals surface area contributed by atoms with Crippen LogP contribution in [0.2, 0.25) is 0 Å². The number of nitrogens with one attached hydrogen (secondary N) is 1. The van der Waals surface area contributed by atoms with Gasteiger partial charge in [-0.3, -0.25) is 0 Å². The van der Waals surface area contributed by atoms with Gasteiger partial charge in [0.15, 0.2) is 11.6 Å². The molecule has 0 aliphatic heterocycles. The summed E-state index contributed by atoms with van der Waals surface area (Å²) in [6.07, 6.45) is -4.90. The monoisotopic (exact) mass is 343 g/mol. The first kappa shape index (κ1) is 16.0. The minimum absolute atomic E-state index is 0.0345. The van der Waals surface area contributed by atoms with Crippen LogP contribution in [-0.4, -0.2) is 9.97 Å². The molecule has 3 rings (SSSR count). The fourth-order valence-electron chi connectivity index (χ4n) is 2.05. The molecule has 0 fully saturated rings. The lowest BCUT2D eigenvalue weighted by molar-refractivity contribution is -0.144. The van der Waals surface area contributed by atoms with Gasteiger partial charge < -0.3 is 5.32 Å². The van der Waals surface area contributed by atoms with Crippen LogP contribution in [0, 0.1) is 17.5 Å². The Morgan fingerprint density at radius 1 is 0.833 bits per heavy atom. The Bertz CT molecular complexity index is 923. The van der Waals surface area contributed by atoms with Crippen LogP contribution < -0.4 is 5.32 Å². The van der Waals surface area contributed by atoms with Crippen molar-refractivity contribution in [2.45, 2.75) is 6.18 Å². The highest BCUT2D eigenvalue weighted by Gasteiger charge is 2.36. The number of anilines is 2. The van der Waals surface area contributed by atoms with Crippen molar-refractivity contribution in [2.24, 2.45) is 0 Å². The van der Waals surface area contributed by atoms with Crippen molar-refractivity contribution in [1.29, 1.82) is 0 Å². The summed E-state index contributed by atoms with van der Waals surface area (Å²) in [4.78, 5) is 6.53. The summed E-state index contributed by atoms with van der Waals surface area (Å²) in [7, 11) is 0. The highest BCUT2D eigenvalue weighted by molar-refractivity contribution is 5.91. The molecular formula is C15H7F6N3. The van der Waals surface area contributed by atoms with Crippen LogP contribution in [0.5, 0.6) is 0 Å². The summed E-state index contributed by atoms with van der Waals surface area (Å²) in [6, 6.07) is 6.18. The zero-order valence-electron chi connectivity index (χ0n) is 11.6. The molecule has 0 spiro atoms. The van der Waals surface area contributed by atoms with Crippen molar-refractivity contribution < 1.29 is 26.3 Å². The van der Waals surface area contributed by atoms with Gasteiger partial charge in [-0.05, 0) is 24.3 Å². The molecule has 0 bridgehead atoms. The largest absolute Gasteiger partial charge is 0.451 e. The summed E-state index contributed by atoms with van der Waals surface area (Å²) in [6.45, 7) is 0. The van der Waals surface area contributed by atoms with E-state index in [2.05, 4.69) is 15.3 Å². The van der Waals surface area contributed by atoms with Crippen LogP contribution in [0.3, 0.4) is 0 Å². The molecule has 1 heterocycles. The fourth-order valence-corrected chi connectivity index (χ4v) is 2.05. The maximum Gasteiger partial charge on any atom is 0.451 e. The number of alkyl halides is 3. The molecule has 0 aliphatic carbocycles. The first-order valence-corrected chi connectivity index (χ1v) is 6.51. The Morgan fingerprint density at radius 2 is 1.58 bits per heavy atom. The summed E-state index contributed by atoms with van der Waals surface area (Å²) in [5, 5.41) is 2.40. The normalized spacial score (nSPS) is 11.8. The first-order valence-electron chi connectivity index (χ1n) is 6.51. The van der Waals surface area contributed by atoms with Gasteiger partial charge in [-0.1, -0.05) is 6.07 Å². The molecule has 0 unspecified atom stereocenters. The molecule has 24 heavy (non-hydrogen) atoms. The maximum atomic E-state index is 13.8. The summed E-state index contributed by atoms with van der Waals surface area (Å²) < 4.78 is 78.7. The minimum atomic E-state index is -4.90. The van der Waals surface area contributed by atoms with E-state index in [9.17, 15) is 26.3 Å². The predicted octanol–water partition coefficient (Wildman–Crippen LogP) is 4.81. The second-order valence-corrected chi connectivity index (χ2v) is 4.78. The van der Waals surface area contributed by atoms with Crippen molar-refractivity contribution in [3.8, 4) is 0 Å². The number of nitrogens with zero attached hydrogens (tertiary/aromatic N) is 2. The van der Waals surface area contributed by atoms with E-state index >= 15 is 0 Å². The third-order valence-electron chi connectivity index (χ3n) is 3.11.